The molecular weight excluding hydrogens is 222 g/mol. The zero-order chi connectivity index (χ0) is 8.43. The normalized spacial score (nSPS) is 10.6. The maximum atomic E-state index is 3.43. The fraction of sp³-hybridized carbons (Fsp3) is 0.500. The van der Waals surface area contributed by atoms with Crippen molar-refractivity contribution in [1.29, 1.82) is 0 Å². The van der Waals surface area contributed by atoms with E-state index in [1.165, 1.54) is 9.47 Å². The Morgan fingerprint density at radius 2 is 2.18 bits per heavy atom. The molecule has 1 rings (SSSR count). The Hall–Kier alpha value is -0.0200. The van der Waals surface area contributed by atoms with Gasteiger partial charge in [-0.1, -0.05) is 0 Å². The maximum Gasteiger partial charge on any atom is 0.0919 e. The van der Waals surface area contributed by atoms with Crippen LogP contribution in [0.15, 0.2) is 15.9 Å². The molecule has 3 heteroatoms. The van der Waals surface area contributed by atoms with Crippen LogP contribution in [-0.2, 0) is 0 Å². The molecule has 0 aliphatic rings. The van der Waals surface area contributed by atoms with Crippen LogP contribution < -0.4 is 4.90 Å². The molecule has 0 amide bonds. The third-order valence-corrected chi connectivity index (χ3v) is 3.46. The fourth-order valence-electron chi connectivity index (χ4n) is 0.742. The molecule has 0 aliphatic carbocycles. The molecule has 0 N–H and O–H groups in total. The van der Waals surface area contributed by atoms with Gasteiger partial charge in [0.05, 0.1) is 5.00 Å². The average molecular weight is 234 g/mol. The van der Waals surface area contributed by atoms with Gasteiger partial charge >= 0.3 is 0 Å². The molecule has 0 radical (unpaired) electrons. The summed E-state index contributed by atoms with van der Waals surface area (Å²) in [5, 5.41) is 3.42. The van der Waals surface area contributed by atoms with Gasteiger partial charge in [-0.25, -0.2) is 0 Å². The van der Waals surface area contributed by atoms with Gasteiger partial charge < -0.3 is 4.90 Å². The van der Waals surface area contributed by atoms with Crippen molar-refractivity contribution in [3.05, 3.63) is 15.9 Å². The Morgan fingerprint density at radius 1 is 1.55 bits per heavy atom. The molecule has 0 atom stereocenters. The summed E-state index contributed by atoms with van der Waals surface area (Å²) in [6.07, 6.45) is 0. The number of hydrogen-bond acceptors (Lipinski definition) is 2. The Balaban J connectivity index is 2.76. The van der Waals surface area contributed by atoms with Gasteiger partial charge in [-0.05, 0) is 35.8 Å². The molecule has 0 fully saturated rings. The van der Waals surface area contributed by atoms with Crippen LogP contribution in [0.25, 0.3) is 0 Å². The van der Waals surface area contributed by atoms with E-state index in [4.69, 9.17) is 0 Å². The molecule has 1 nitrogen and oxygen atoms in total. The van der Waals surface area contributed by atoms with Crippen LogP contribution in [0.5, 0.6) is 0 Å². The van der Waals surface area contributed by atoms with E-state index in [1.54, 1.807) is 11.3 Å². The van der Waals surface area contributed by atoms with Crippen LogP contribution in [-0.4, -0.2) is 13.1 Å². The van der Waals surface area contributed by atoms with E-state index >= 15 is 0 Å². The van der Waals surface area contributed by atoms with E-state index in [9.17, 15) is 0 Å². The highest BCUT2D eigenvalue weighted by atomic mass is 79.9. The van der Waals surface area contributed by atoms with Crippen molar-refractivity contribution < 1.29 is 0 Å². The van der Waals surface area contributed by atoms with Crippen molar-refractivity contribution >= 4 is 32.3 Å². The highest BCUT2D eigenvalue weighted by molar-refractivity contribution is 9.10. The summed E-state index contributed by atoms with van der Waals surface area (Å²) in [6, 6.07) is 2.71. The summed E-state index contributed by atoms with van der Waals surface area (Å²) in [7, 11) is 2.11. The predicted molar refractivity (Wildman–Crippen MR) is 55.6 cm³/mol. The van der Waals surface area contributed by atoms with Crippen molar-refractivity contribution in [3.8, 4) is 0 Å². The van der Waals surface area contributed by atoms with Crippen LogP contribution in [0, 0.1) is 0 Å². The molecule has 0 aliphatic heterocycles. The lowest BCUT2D eigenvalue weighted by Gasteiger charge is -2.21. The zero-order valence-electron chi connectivity index (χ0n) is 6.97. The van der Waals surface area contributed by atoms with Gasteiger partial charge in [0.25, 0.3) is 0 Å². The topological polar surface area (TPSA) is 3.24 Å². The van der Waals surface area contributed by atoms with Crippen LogP contribution >= 0.6 is 27.3 Å². The van der Waals surface area contributed by atoms with Crippen molar-refractivity contribution in [2.24, 2.45) is 0 Å². The summed E-state index contributed by atoms with van der Waals surface area (Å²) < 4.78 is 1.17. The van der Waals surface area contributed by atoms with Crippen molar-refractivity contribution in [2.75, 3.05) is 11.9 Å². The molecule has 1 aromatic rings. The first-order chi connectivity index (χ1) is 5.11. The van der Waals surface area contributed by atoms with Gasteiger partial charge in [-0.2, -0.15) is 0 Å². The van der Waals surface area contributed by atoms with Crippen LogP contribution in [0.2, 0.25) is 0 Å². The van der Waals surface area contributed by atoms with E-state index in [0.717, 1.165) is 0 Å². The summed E-state index contributed by atoms with van der Waals surface area (Å²) in [5.74, 6) is 0. The first kappa shape index (κ1) is 9.07. The number of hydrogen-bond donors (Lipinski definition) is 0. The van der Waals surface area contributed by atoms with Crippen LogP contribution in [0.4, 0.5) is 5.00 Å². The lowest BCUT2D eigenvalue weighted by molar-refractivity contribution is 0.761. The van der Waals surface area contributed by atoms with Gasteiger partial charge in [-0.15, -0.1) is 11.3 Å². The lowest BCUT2D eigenvalue weighted by atomic mass is 10.3. The number of rotatable bonds is 2. The summed E-state index contributed by atoms with van der Waals surface area (Å²) in [4.78, 5) is 2.26. The molecule has 0 bridgehead atoms. The minimum absolute atomic E-state index is 0.570. The van der Waals surface area contributed by atoms with E-state index in [-0.39, 0.29) is 0 Å². The molecule has 0 aromatic carbocycles. The van der Waals surface area contributed by atoms with Crippen molar-refractivity contribution in [1.82, 2.24) is 0 Å². The highest BCUT2D eigenvalue weighted by Crippen LogP contribution is 2.28. The van der Waals surface area contributed by atoms with Gasteiger partial charge in [0.15, 0.2) is 0 Å². The van der Waals surface area contributed by atoms with Gasteiger partial charge in [0, 0.05) is 22.9 Å². The van der Waals surface area contributed by atoms with Crippen molar-refractivity contribution in [3.63, 3.8) is 0 Å². The van der Waals surface area contributed by atoms with E-state index < -0.39 is 0 Å². The Labute approximate surface area is 80.2 Å². The number of halogens is 1. The smallest absolute Gasteiger partial charge is 0.0919 e. The molecule has 11 heavy (non-hydrogen) atoms. The number of anilines is 1. The standard InChI is InChI=1S/C8H12BrNS/c1-6(2)10(3)8-4-7(9)5-11-8/h4-6H,1-3H3. The van der Waals surface area contributed by atoms with E-state index in [1.807, 2.05) is 0 Å². The molecule has 0 saturated carbocycles. The molecule has 0 spiro atoms. The predicted octanol–water partition coefficient (Wildman–Crippen LogP) is 3.36. The third kappa shape index (κ3) is 2.20. The molecule has 0 saturated heterocycles. The van der Waals surface area contributed by atoms with Gasteiger partial charge in [-0.3, -0.25) is 0 Å². The fourth-order valence-corrected chi connectivity index (χ4v) is 2.26. The molecule has 0 unspecified atom stereocenters. The summed E-state index contributed by atoms with van der Waals surface area (Å²) in [5.41, 5.74) is 0. The van der Waals surface area contributed by atoms with Crippen LogP contribution in [0.1, 0.15) is 13.8 Å². The SMILES string of the molecule is CC(C)N(C)c1cc(Br)cs1. The second kappa shape index (κ2) is 3.59. The second-order valence-corrected chi connectivity index (χ2v) is 4.61. The monoisotopic (exact) mass is 233 g/mol. The minimum atomic E-state index is 0.570. The molecule has 1 aromatic heterocycles. The quantitative estimate of drug-likeness (QED) is 0.758. The highest BCUT2D eigenvalue weighted by Gasteiger charge is 2.06. The largest absolute Gasteiger partial charge is 0.364 e. The summed E-state index contributed by atoms with van der Waals surface area (Å²) in [6.45, 7) is 4.38. The Bertz CT molecular complexity index is 232. The third-order valence-electron chi connectivity index (χ3n) is 1.68. The van der Waals surface area contributed by atoms with Crippen LogP contribution in [0.3, 0.4) is 0 Å². The molecular formula is C8H12BrNS. The Morgan fingerprint density at radius 3 is 2.55 bits per heavy atom. The average Bonchev–Trinajstić information content (AvgIpc) is 2.34. The Kier molecular flexibility index (Phi) is 2.96. The van der Waals surface area contributed by atoms with E-state index in [2.05, 4.69) is 53.2 Å². The lowest BCUT2D eigenvalue weighted by Crippen LogP contribution is -2.24. The zero-order valence-corrected chi connectivity index (χ0v) is 9.37. The van der Waals surface area contributed by atoms with Gasteiger partial charge in [0.1, 0.15) is 0 Å². The number of nitrogens with zero attached hydrogens (tertiary/aromatic N) is 1. The van der Waals surface area contributed by atoms with Crippen molar-refractivity contribution in [2.45, 2.75) is 19.9 Å². The van der Waals surface area contributed by atoms with Gasteiger partial charge in [0.2, 0.25) is 0 Å². The molecule has 62 valence electrons. The first-order valence-electron chi connectivity index (χ1n) is 3.58. The first-order valence-corrected chi connectivity index (χ1v) is 5.25. The number of thiophene rings is 1. The summed E-state index contributed by atoms with van der Waals surface area (Å²) >= 11 is 5.20. The van der Waals surface area contributed by atoms with E-state index in [0.29, 0.717) is 6.04 Å². The maximum absolute atomic E-state index is 3.43. The minimum Gasteiger partial charge on any atom is -0.364 e. The second-order valence-electron chi connectivity index (χ2n) is 2.81. The molecule has 1 heterocycles.